The Morgan fingerprint density at radius 1 is 0.765 bits per heavy atom. The van der Waals surface area contributed by atoms with Crippen LogP contribution in [-0.2, 0) is 28.6 Å². The normalized spacial score (nSPS) is 13.3. The molecule has 0 N–H and O–H groups in total. The molecular formula is C26H49NO7. The number of quaternary nitrogens is 1. The Balaban J connectivity index is 4.47. The Morgan fingerprint density at radius 2 is 1.32 bits per heavy atom. The molecule has 0 amide bonds. The minimum atomic E-state index is -1.13. The highest BCUT2D eigenvalue weighted by Crippen LogP contribution is 2.11. The van der Waals surface area contributed by atoms with E-state index < -0.39 is 18.1 Å². The maximum Gasteiger partial charge on any atom is 0.306 e. The molecule has 2 atom stereocenters. The van der Waals surface area contributed by atoms with Gasteiger partial charge in [0.25, 0.3) is 0 Å². The van der Waals surface area contributed by atoms with E-state index >= 15 is 0 Å². The van der Waals surface area contributed by atoms with E-state index in [4.69, 9.17) is 14.2 Å². The van der Waals surface area contributed by atoms with Crippen molar-refractivity contribution < 1.29 is 38.2 Å². The predicted octanol–water partition coefficient (Wildman–Crippen LogP) is 3.39. The summed E-state index contributed by atoms with van der Waals surface area (Å²) in [6.07, 6.45) is 10.9. The Morgan fingerprint density at radius 3 is 1.88 bits per heavy atom. The van der Waals surface area contributed by atoms with E-state index in [9.17, 15) is 19.5 Å². The highest BCUT2D eigenvalue weighted by molar-refractivity contribution is 5.70. The van der Waals surface area contributed by atoms with Crippen LogP contribution >= 0.6 is 0 Å². The minimum Gasteiger partial charge on any atom is -0.544 e. The number of rotatable bonds is 22. The number of carboxylic acids is 1. The van der Waals surface area contributed by atoms with Crippen molar-refractivity contribution in [2.75, 3.05) is 41.0 Å². The van der Waals surface area contributed by atoms with Gasteiger partial charge in [-0.1, -0.05) is 65.2 Å². The number of esters is 2. The number of hydrogen-bond acceptors (Lipinski definition) is 7. The van der Waals surface area contributed by atoms with E-state index in [0.29, 0.717) is 12.8 Å². The van der Waals surface area contributed by atoms with Crippen molar-refractivity contribution in [3.05, 3.63) is 0 Å². The second-order valence-electron chi connectivity index (χ2n) is 9.94. The lowest BCUT2D eigenvalue weighted by atomic mass is 10.1. The zero-order valence-electron chi connectivity index (χ0n) is 22.3. The van der Waals surface area contributed by atoms with Gasteiger partial charge in [0.1, 0.15) is 12.6 Å². The van der Waals surface area contributed by atoms with Crippen LogP contribution < -0.4 is 5.11 Å². The van der Waals surface area contributed by atoms with Gasteiger partial charge >= 0.3 is 11.9 Å². The van der Waals surface area contributed by atoms with Gasteiger partial charge in [-0.3, -0.25) is 9.59 Å². The molecule has 0 saturated heterocycles. The van der Waals surface area contributed by atoms with Gasteiger partial charge in [-0.25, -0.2) is 0 Å². The van der Waals surface area contributed by atoms with Crippen LogP contribution in [0.3, 0.4) is 0 Å². The number of carbonyl (C=O) groups excluding carboxylic acids is 3. The van der Waals surface area contributed by atoms with E-state index in [2.05, 4.69) is 6.92 Å². The van der Waals surface area contributed by atoms with Crippen molar-refractivity contribution in [2.45, 2.75) is 109 Å². The predicted molar refractivity (Wildman–Crippen MR) is 130 cm³/mol. The number of unbranched alkanes of at least 4 members (excludes halogenated alkanes) is 8. The van der Waals surface area contributed by atoms with Crippen molar-refractivity contribution >= 4 is 17.9 Å². The topological polar surface area (TPSA) is 102 Å². The van der Waals surface area contributed by atoms with Crippen molar-refractivity contribution in [2.24, 2.45) is 0 Å². The summed E-state index contributed by atoms with van der Waals surface area (Å²) in [7, 11) is 5.35. The van der Waals surface area contributed by atoms with Gasteiger partial charge in [-0.05, 0) is 12.8 Å². The molecule has 0 bridgehead atoms. The summed E-state index contributed by atoms with van der Waals surface area (Å²) in [4.78, 5) is 35.5. The Bertz CT molecular complexity index is 560. The largest absolute Gasteiger partial charge is 0.544 e. The van der Waals surface area contributed by atoms with Gasteiger partial charge in [-0.15, -0.1) is 0 Å². The number of likely N-dealkylation sites (N-methyl/N-ethyl adjacent to an activating group) is 1. The van der Waals surface area contributed by atoms with Crippen LogP contribution in [0.15, 0.2) is 0 Å². The Hall–Kier alpha value is -1.67. The highest BCUT2D eigenvalue weighted by Gasteiger charge is 2.25. The average Bonchev–Trinajstić information content (AvgIpc) is 2.76. The minimum absolute atomic E-state index is 0.0428. The molecule has 0 aliphatic heterocycles. The summed E-state index contributed by atoms with van der Waals surface area (Å²) in [6.45, 7) is 4.34. The molecule has 0 fully saturated rings. The number of aliphatic carboxylic acids is 1. The first-order valence-electron chi connectivity index (χ1n) is 13.1. The van der Waals surface area contributed by atoms with E-state index in [0.717, 1.165) is 32.1 Å². The van der Waals surface area contributed by atoms with E-state index in [1.807, 2.05) is 6.92 Å². The Labute approximate surface area is 206 Å². The summed E-state index contributed by atoms with van der Waals surface area (Å²) >= 11 is 0. The number of hydrogen-bond donors (Lipinski definition) is 0. The third-order valence-electron chi connectivity index (χ3n) is 5.74. The van der Waals surface area contributed by atoms with Crippen LogP contribution in [-0.4, -0.2) is 75.5 Å². The fourth-order valence-electron chi connectivity index (χ4n) is 3.57. The van der Waals surface area contributed by atoms with Crippen molar-refractivity contribution in [3.8, 4) is 0 Å². The lowest BCUT2D eigenvalue weighted by Crippen LogP contribution is -2.55. The van der Waals surface area contributed by atoms with Gasteiger partial charge in [0.05, 0.1) is 40.3 Å². The third kappa shape index (κ3) is 17.8. The first kappa shape index (κ1) is 32.3. The molecule has 0 aliphatic rings. The molecule has 0 spiro atoms. The van der Waals surface area contributed by atoms with Gasteiger partial charge in [0, 0.05) is 19.3 Å². The monoisotopic (exact) mass is 487 g/mol. The molecule has 0 radical (unpaired) electrons. The number of ether oxygens (including phenoxy) is 3. The van der Waals surface area contributed by atoms with Crippen LogP contribution in [0.2, 0.25) is 0 Å². The second kappa shape index (κ2) is 19.6. The molecule has 200 valence electrons. The third-order valence-corrected chi connectivity index (χ3v) is 5.74. The zero-order chi connectivity index (χ0) is 25.8. The van der Waals surface area contributed by atoms with Crippen LogP contribution in [0.25, 0.3) is 0 Å². The summed E-state index contributed by atoms with van der Waals surface area (Å²) in [5.41, 5.74) is 0. The first-order chi connectivity index (χ1) is 16.1. The molecule has 0 saturated carbocycles. The SMILES string of the molecule is CCCCCCCCCCC(=O)OC(COCCC(C(=O)[O-])[N+](C)(C)C)COC(=O)CCCC. The Kier molecular flexibility index (Phi) is 18.7. The number of nitrogens with zero attached hydrogens (tertiary/aromatic N) is 1. The van der Waals surface area contributed by atoms with Crippen LogP contribution in [0, 0.1) is 0 Å². The summed E-state index contributed by atoms with van der Waals surface area (Å²) < 4.78 is 16.6. The van der Waals surface area contributed by atoms with Crippen LogP contribution in [0.4, 0.5) is 0 Å². The molecule has 8 nitrogen and oxygen atoms in total. The lowest BCUT2D eigenvalue weighted by Gasteiger charge is -2.34. The zero-order valence-corrected chi connectivity index (χ0v) is 22.3. The van der Waals surface area contributed by atoms with E-state index in [1.165, 1.54) is 32.1 Å². The average molecular weight is 488 g/mol. The summed E-state index contributed by atoms with van der Waals surface area (Å²) in [5, 5.41) is 11.4. The second-order valence-corrected chi connectivity index (χ2v) is 9.94. The van der Waals surface area contributed by atoms with Crippen LogP contribution in [0.5, 0.6) is 0 Å². The number of carboxylic acid groups (broad SMARTS) is 1. The molecule has 34 heavy (non-hydrogen) atoms. The smallest absolute Gasteiger partial charge is 0.306 e. The number of carbonyl (C=O) groups is 3. The molecule has 0 aromatic carbocycles. The molecule has 0 aromatic heterocycles. The molecule has 0 aliphatic carbocycles. The quantitative estimate of drug-likeness (QED) is 0.131. The van der Waals surface area contributed by atoms with Gasteiger partial charge in [0.15, 0.2) is 6.10 Å². The summed E-state index contributed by atoms with van der Waals surface area (Å²) in [6, 6.07) is -0.713. The molecular weight excluding hydrogens is 438 g/mol. The maximum atomic E-state index is 12.3. The first-order valence-corrected chi connectivity index (χ1v) is 13.1. The van der Waals surface area contributed by atoms with Crippen LogP contribution in [0.1, 0.15) is 97.3 Å². The molecule has 0 rings (SSSR count). The van der Waals surface area contributed by atoms with E-state index in [1.54, 1.807) is 21.1 Å². The van der Waals surface area contributed by atoms with Crippen molar-refractivity contribution in [1.82, 2.24) is 0 Å². The van der Waals surface area contributed by atoms with Gasteiger partial charge in [-0.2, -0.15) is 0 Å². The van der Waals surface area contributed by atoms with Gasteiger partial charge in [0.2, 0.25) is 0 Å². The fourth-order valence-corrected chi connectivity index (χ4v) is 3.57. The van der Waals surface area contributed by atoms with Gasteiger partial charge < -0.3 is 28.6 Å². The highest BCUT2D eigenvalue weighted by atomic mass is 16.6. The molecule has 0 aromatic rings. The summed E-state index contributed by atoms with van der Waals surface area (Å²) in [5.74, 6) is -1.79. The molecule has 0 heterocycles. The molecule has 8 heteroatoms. The van der Waals surface area contributed by atoms with Crippen molar-refractivity contribution in [3.63, 3.8) is 0 Å². The fraction of sp³-hybridized carbons (Fsp3) is 0.885. The molecule has 2 unspecified atom stereocenters. The lowest BCUT2D eigenvalue weighted by molar-refractivity contribution is -0.889. The van der Waals surface area contributed by atoms with E-state index in [-0.39, 0.29) is 42.7 Å². The standard InChI is InChI=1S/C26H49NO7/c1-6-8-10-11-12-13-14-15-17-25(29)34-22(21-33-24(28)16-9-7-2)20-32-19-18-23(26(30)31)27(3,4)5/h22-23H,6-21H2,1-5H3. The van der Waals surface area contributed by atoms with Crippen molar-refractivity contribution in [1.29, 1.82) is 0 Å². The maximum absolute atomic E-state index is 12.3.